The molecule has 0 saturated heterocycles. The van der Waals surface area contributed by atoms with Crippen LogP contribution in [0.2, 0.25) is 0 Å². The van der Waals surface area contributed by atoms with Gasteiger partial charge in [-0.3, -0.25) is 20.2 Å². The van der Waals surface area contributed by atoms with Crippen LogP contribution < -0.4 is 10.6 Å². The van der Waals surface area contributed by atoms with E-state index in [1.807, 2.05) is 43.3 Å². The fourth-order valence-corrected chi connectivity index (χ4v) is 2.94. The number of rotatable bonds is 2. The molecule has 5 heteroatoms. The van der Waals surface area contributed by atoms with Crippen molar-refractivity contribution in [3.63, 3.8) is 0 Å². The number of carbonyl (C=O) groups is 2. The largest absolute Gasteiger partial charge is 0.296 e. The molecule has 1 heterocycles. The Kier molecular flexibility index (Phi) is 5.13. The van der Waals surface area contributed by atoms with E-state index in [1.54, 1.807) is 12.1 Å². The van der Waals surface area contributed by atoms with E-state index in [4.69, 9.17) is 0 Å². The molecule has 27 heavy (non-hydrogen) atoms. The first-order valence-electron chi connectivity index (χ1n) is 9.08. The van der Waals surface area contributed by atoms with Crippen molar-refractivity contribution < 1.29 is 9.59 Å². The van der Waals surface area contributed by atoms with Crippen molar-refractivity contribution in [1.29, 1.82) is 0 Å². The Morgan fingerprint density at radius 2 is 1.70 bits per heavy atom. The van der Waals surface area contributed by atoms with Gasteiger partial charge in [0.2, 0.25) is 11.9 Å². The molecule has 5 nitrogen and oxygen atoms in total. The van der Waals surface area contributed by atoms with Gasteiger partial charge in [0.25, 0.3) is 5.91 Å². The van der Waals surface area contributed by atoms with Crippen LogP contribution in [0.25, 0.3) is 0 Å². The molecule has 3 rings (SSSR count). The van der Waals surface area contributed by atoms with E-state index in [0.717, 1.165) is 16.7 Å². The lowest BCUT2D eigenvalue weighted by molar-refractivity contribution is -0.120. The fraction of sp³-hybridized carbons (Fsp3) is 0.318. The third-order valence-electron chi connectivity index (χ3n) is 4.63. The Morgan fingerprint density at radius 3 is 2.30 bits per heavy atom. The molecule has 0 aromatic heterocycles. The lowest BCUT2D eigenvalue weighted by Crippen LogP contribution is -2.47. The molecule has 2 aromatic carbocycles. The van der Waals surface area contributed by atoms with Gasteiger partial charge in [-0.05, 0) is 35.6 Å². The van der Waals surface area contributed by atoms with Crippen LogP contribution in [0.3, 0.4) is 0 Å². The number of amides is 2. The van der Waals surface area contributed by atoms with Crippen LogP contribution >= 0.6 is 0 Å². The van der Waals surface area contributed by atoms with Crippen molar-refractivity contribution >= 4 is 17.8 Å². The van der Waals surface area contributed by atoms with E-state index in [-0.39, 0.29) is 35.7 Å². The number of aryl methyl sites for hydroxylation is 1. The minimum atomic E-state index is -0.294. The van der Waals surface area contributed by atoms with Crippen LogP contribution in [-0.4, -0.2) is 17.8 Å². The van der Waals surface area contributed by atoms with Crippen molar-refractivity contribution in [3.05, 3.63) is 70.8 Å². The minimum absolute atomic E-state index is 0.0255. The normalized spacial score (nSPS) is 17.1. The van der Waals surface area contributed by atoms with Gasteiger partial charge in [0.1, 0.15) is 0 Å². The zero-order valence-corrected chi connectivity index (χ0v) is 16.2. The van der Waals surface area contributed by atoms with Crippen molar-refractivity contribution in [3.8, 4) is 0 Å². The molecule has 0 bridgehead atoms. The highest BCUT2D eigenvalue weighted by Crippen LogP contribution is 2.24. The molecule has 0 spiro atoms. The average molecular weight is 363 g/mol. The second-order valence-corrected chi connectivity index (χ2v) is 7.94. The third-order valence-corrected chi connectivity index (χ3v) is 4.63. The maximum Gasteiger partial charge on any atom is 0.257 e. The first-order chi connectivity index (χ1) is 12.7. The summed E-state index contributed by atoms with van der Waals surface area (Å²) in [6.45, 7) is 8.38. The Labute approximate surface area is 159 Å². The maximum absolute atomic E-state index is 12.5. The molecular formula is C22H25N3O2. The van der Waals surface area contributed by atoms with Gasteiger partial charge in [-0.15, -0.1) is 0 Å². The second kappa shape index (κ2) is 7.35. The van der Waals surface area contributed by atoms with Gasteiger partial charge in [-0.25, -0.2) is 4.99 Å². The predicted molar refractivity (Wildman–Crippen MR) is 107 cm³/mol. The van der Waals surface area contributed by atoms with Crippen LogP contribution in [0.4, 0.5) is 0 Å². The summed E-state index contributed by atoms with van der Waals surface area (Å²) in [5.74, 6) is -0.255. The molecule has 2 N–H and O–H groups in total. The van der Waals surface area contributed by atoms with Crippen LogP contribution in [-0.2, 0) is 10.2 Å². The molecule has 1 aliphatic rings. The Balaban J connectivity index is 1.76. The minimum Gasteiger partial charge on any atom is -0.296 e. The highest BCUT2D eigenvalue weighted by Gasteiger charge is 2.24. The third kappa shape index (κ3) is 4.61. The van der Waals surface area contributed by atoms with Crippen LogP contribution in [0.1, 0.15) is 60.3 Å². The van der Waals surface area contributed by atoms with E-state index >= 15 is 0 Å². The molecule has 0 fully saturated rings. The monoisotopic (exact) mass is 363 g/mol. The summed E-state index contributed by atoms with van der Waals surface area (Å²) >= 11 is 0. The molecule has 0 saturated carbocycles. The summed E-state index contributed by atoms with van der Waals surface area (Å²) in [6, 6.07) is 15.1. The van der Waals surface area contributed by atoms with Crippen LogP contribution in [0.15, 0.2) is 53.5 Å². The number of carbonyl (C=O) groups excluding carboxylic acids is 2. The molecule has 0 radical (unpaired) electrons. The summed E-state index contributed by atoms with van der Waals surface area (Å²) in [4.78, 5) is 29.1. The van der Waals surface area contributed by atoms with Gasteiger partial charge in [0, 0.05) is 5.56 Å². The number of guanidine groups is 1. The quantitative estimate of drug-likeness (QED) is 0.855. The SMILES string of the molecule is Cc1ccc([C@H]2CC(=O)NC(NC(=O)c3ccc(C(C)(C)C)cc3)=N2)cc1. The standard InChI is InChI=1S/C22H25N3O2/c1-14-5-7-15(8-6-14)18-13-19(26)24-21(23-18)25-20(27)16-9-11-17(12-10-16)22(2,3)4/h5-12,18H,13H2,1-4H3,(H2,23,24,25,26,27)/t18-/m1/s1. The molecular weight excluding hydrogens is 338 g/mol. The summed E-state index contributed by atoms with van der Waals surface area (Å²) in [6.07, 6.45) is 0.267. The molecule has 2 aromatic rings. The fourth-order valence-electron chi connectivity index (χ4n) is 2.94. The van der Waals surface area contributed by atoms with Crippen molar-refractivity contribution in [2.75, 3.05) is 0 Å². The number of benzene rings is 2. The number of hydrogen-bond donors (Lipinski definition) is 2. The predicted octanol–water partition coefficient (Wildman–Crippen LogP) is 3.64. The van der Waals surface area contributed by atoms with E-state index in [1.165, 1.54) is 0 Å². The molecule has 0 aliphatic carbocycles. The van der Waals surface area contributed by atoms with Crippen LogP contribution in [0.5, 0.6) is 0 Å². The van der Waals surface area contributed by atoms with Gasteiger partial charge in [0.15, 0.2) is 0 Å². The van der Waals surface area contributed by atoms with E-state index in [9.17, 15) is 9.59 Å². The first-order valence-corrected chi connectivity index (χ1v) is 9.08. The number of hydrogen-bond acceptors (Lipinski definition) is 3. The lowest BCUT2D eigenvalue weighted by atomic mass is 9.87. The van der Waals surface area contributed by atoms with E-state index in [0.29, 0.717) is 5.56 Å². The van der Waals surface area contributed by atoms with Gasteiger partial charge in [-0.2, -0.15) is 0 Å². The topological polar surface area (TPSA) is 70.6 Å². The zero-order chi connectivity index (χ0) is 19.6. The van der Waals surface area contributed by atoms with Gasteiger partial charge < -0.3 is 0 Å². The van der Waals surface area contributed by atoms with Gasteiger partial charge >= 0.3 is 0 Å². The van der Waals surface area contributed by atoms with Crippen molar-refractivity contribution in [1.82, 2.24) is 10.6 Å². The van der Waals surface area contributed by atoms with Gasteiger partial charge in [-0.1, -0.05) is 62.7 Å². The molecule has 2 amide bonds. The number of nitrogens with zero attached hydrogens (tertiary/aromatic N) is 1. The Morgan fingerprint density at radius 1 is 1.07 bits per heavy atom. The van der Waals surface area contributed by atoms with Gasteiger partial charge in [0.05, 0.1) is 12.5 Å². The zero-order valence-electron chi connectivity index (χ0n) is 16.2. The second-order valence-electron chi connectivity index (χ2n) is 7.94. The molecule has 1 atom stereocenters. The summed E-state index contributed by atoms with van der Waals surface area (Å²) in [7, 11) is 0. The Hall–Kier alpha value is -2.95. The number of aliphatic imine (C=N–C) groups is 1. The smallest absolute Gasteiger partial charge is 0.257 e. The molecule has 140 valence electrons. The van der Waals surface area contributed by atoms with E-state index in [2.05, 4.69) is 36.4 Å². The number of nitrogens with one attached hydrogen (secondary N) is 2. The van der Waals surface area contributed by atoms with Crippen molar-refractivity contribution in [2.45, 2.75) is 45.6 Å². The summed E-state index contributed by atoms with van der Waals surface area (Å²) < 4.78 is 0. The lowest BCUT2D eigenvalue weighted by Gasteiger charge is -2.22. The highest BCUT2D eigenvalue weighted by atomic mass is 16.2. The highest BCUT2D eigenvalue weighted by molar-refractivity contribution is 6.10. The summed E-state index contributed by atoms with van der Waals surface area (Å²) in [5.41, 5.74) is 3.81. The van der Waals surface area contributed by atoms with Crippen molar-refractivity contribution in [2.24, 2.45) is 4.99 Å². The Bertz CT molecular complexity index is 875. The maximum atomic E-state index is 12.5. The average Bonchev–Trinajstić information content (AvgIpc) is 2.61. The summed E-state index contributed by atoms with van der Waals surface area (Å²) in [5, 5.41) is 5.36. The molecule has 1 aliphatic heterocycles. The first kappa shape index (κ1) is 18.8. The molecule has 0 unspecified atom stereocenters. The van der Waals surface area contributed by atoms with Crippen LogP contribution in [0, 0.1) is 6.92 Å². The van der Waals surface area contributed by atoms with E-state index < -0.39 is 0 Å².